The number of hydrogen-bond donors (Lipinski definition) is 1. The molecule has 0 saturated carbocycles. The largest absolute Gasteiger partial charge is 0.387 e. The van der Waals surface area contributed by atoms with Crippen LogP contribution in [0.25, 0.3) is 11.4 Å². The SMILES string of the molecule is Cc1ccncc1-c1noc(CO)n1. The number of hydrogen-bond acceptors (Lipinski definition) is 5. The van der Waals surface area contributed by atoms with Crippen LogP contribution in [0.3, 0.4) is 0 Å². The summed E-state index contributed by atoms with van der Waals surface area (Å²) >= 11 is 0. The molecular weight excluding hydrogens is 182 g/mol. The van der Waals surface area contributed by atoms with Gasteiger partial charge >= 0.3 is 0 Å². The maximum absolute atomic E-state index is 8.76. The second kappa shape index (κ2) is 3.55. The molecule has 5 nitrogen and oxygen atoms in total. The van der Waals surface area contributed by atoms with E-state index in [1.54, 1.807) is 12.4 Å². The molecule has 0 bridgehead atoms. The van der Waals surface area contributed by atoms with Crippen molar-refractivity contribution < 1.29 is 9.63 Å². The summed E-state index contributed by atoms with van der Waals surface area (Å²) in [5, 5.41) is 12.5. The zero-order valence-electron chi connectivity index (χ0n) is 7.64. The Morgan fingerprint density at radius 1 is 1.50 bits per heavy atom. The molecule has 72 valence electrons. The highest BCUT2D eigenvalue weighted by Crippen LogP contribution is 2.18. The van der Waals surface area contributed by atoms with E-state index in [0.717, 1.165) is 11.1 Å². The maximum Gasteiger partial charge on any atom is 0.252 e. The first kappa shape index (κ1) is 8.83. The van der Waals surface area contributed by atoms with Gasteiger partial charge in [0.25, 0.3) is 5.89 Å². The topological polar surface area (TPSA) is 72.0 Å². The predicted molar refractivity (Wildman–Crippen MR) is 48.2 cm³/mol. The van der Waals surface area contributed by atoms with Gasteiger partial charge in [0, 0.05) is 18.0 Å². The molecule has 0 atom stereocenters. The standard InChI is InChI=1S/C9H9N3O2/c1-6-2-3-10-4-7(6)9-11-8(5-13)14-12-9/h2-4,13H,5H2,1H3. The summed E-state index contributed by atoms with van der Waals surface area (Å²) in [7, 11) is 0. The number of aliphatic hydroxyl groups is 1. The van der Waals surface area contributed by atoms with Gasteiger partial charge in [0.1, 0.15) is 6.61 Å². The fourth-order valence-electron chi connectivity index (χ4n) is 1.13. The molecule has 0 saturated heterocycles. The smallest absolute Gasteiger partial charge is 0.252 e. The van der Waals surface area contributed by atoms with E-state index in [0.29, 0.717) is 5.82 Å². The van der Waals surface area contributed by atoms with Crippen LogP contribution in [-0.4, -0.2) is 20.2 Å². The van der Waals surface area contributed by atoms with Crippen molar-refractivity contribution in [2.24, 2.45) is 0 Å². The van der Waals surface area contributed by atoms with Gasteiger partial charge in [-0.15, -0.1) is 0 Å². The van der Waals surface area contributed by atoms with Crippen LogP contribution in [0.4, 0.5) is 0 Å². The second-order valence-corrected chi connectivity index (χ2v) is 2.86. The van der Waals surface area contributed by atoms with E-state index in [9.17, 15) is 0 Å². The normalized spacial score (nSPS) is 10.4. The Hall–Kier alpha value is -1.75. The van der Waals surface area contributed by atoms with E-state index in [2.05, 4.69) is 15.1 Å². The van der Waals surface area contributed by atoms with Crippen molar-refractivity contribution in [3.63, 3.8) is 0 Å². The highest BCUT2D eigenvalue weighted by molar-refractivity contribution is 5.57. The quantitative estimate of drug-likeness (QED) is 0.764. The van der Waals surface area contributed by atoms with Crippen LogP contribution < -0.4 is 0 Å². The number of aliphatic hydroxyl groups excluding tert-OH is 1. The number of aryl methyl sites for hydroxylation is 1. The van der Waals surface area contributed by atoms with E-state index in [4.69, 9.17) is 9.63 Å². The first-order chi connectivity index (χ1) is 6.81. The highest BCUT2D eigenvalue weighted by atomic mass is 16.5. The second-order valence-electron chi connectivity index (χ2n) is 2.86. The molecule has 2 rings (SSSR count). The lowest BCUT2D eigenvalue weighted by atomic mass is 10.1. The van der Waals surface area contributed by atoms with Gasteiger partial charge in [-0.3, -0.25) is 4.98 Å². The van der Waals surface area contributed by atoms with Crippen molar-refractivity contribution >= 4 is 0 Å². The summed E-state index contributed by atoms with van der Waals surface area (Å²) in [5.41, 5.74) is 1.83. The molecule has 0 amide bonds. The molecule has 14 heavy (non-hydrogen) atoms. The lowest BCUT2D eigenvalue weighted by molar-refractivity contribution is 0.222. The van der Waals surface area contributed by atoms with E-state index in [1.807, 2.05) is 13.0 Å². The molecule has 2 aromatic heterocycles. The van der Waals surface area contributed by atoms with Crippen LogP contribution in [0.1, 0.15) is 11.5 Å². The van der Waals surface area contributed by atoms with Gasteiger partial charge in [-0.1, -0.05) is 5.16 Å². The van der Waals surface area contributed by atoms with Gasteiger partial charge in [0.15, 0.2) is 0 Å². The third-order valence-corrected chi connectivity index (χ3v) is 1.88. The van der Waals surface area contributed by atoms with Crippen molar-refractivity contribution in [2.45, 2.75) is 13.5 Å². The average Bonchev–Trinajstić information content (AvgIpc) is 2.67. The minimum Gasteiger partial charge on any atom is -0.387 e. The summed E-state index contributed by atoms with van der Waals surface area (Å²) in [4.78, 5) is 7.96. The Morgan fingerprint density at radius 3 is 3.00 bits per heavy atom. The number of pyridine rings is 1. The summed E-state index contributed by atoms with van der Waals surface area (Å²) < 4.78 is 4.78. The fraction of sp³-hybridized carbons (Fsp3) is 0.222. The summed E-state index contributed by atoms with van der Waals surface area (Å²) in [6, 6.07) is 1.87. The molecule has 0 aliphatic heterocycles. The molecule has 2 heterocycles. The average molecular weight is 191 g/mol. The summed E-state index contributed by atoms with van der Waals surface area (Å²) in [6.07, 6.45) is 3.37. The zero-order chi connectivity index (χ0) is 9.97. The molecule has 0 aliphatic carbocycles. The monoisotopic (exact) mass is 191 g/mol. The van der Waals surface area contributed by atoms with Gasteiger partial charge in [-0.25, -0.2) is 0 Å². The first-order valence-electron chi connectivity index (χ1n) is 4.15. The number of nitrogens with zero attached hydrogens (tertiary/aromatic N) is 3. The van der Waals surface area contributed by atoms with Gasteiger partial charge in [-0.05, 0) is 18.6 Å². The first-order valence-corrected chi connectivity index (χ1v) is 4.15. The molecule has 2 aromatic rings. The van der Waals surface area contributed by atoms with Crippen molar-refractivity contribution in [1.29, 1.82) is 0 Å². The van der Waals surface area contributed by atoms with E-state index in [-0.39, 0.29) is 12.5 Å². The van der Waals surface area contributed by atoms with Crippen molar-refractivity contribution in [2.75, 3.05) is 0 Å². The van der Waals surface area contributed by atoms with E-state index < -0.39 is 0 Å². The van der Waals surface area contributed by atoms with Crippen molar-refractivity contribution in [3.8, 4) is 11.4 Å². The fourth-order valence-corrected chi connectivity index (χ4v) is 1.13. The van der Waals surface area contributed by atoms with Gasteiger partial charge in [0.2, 0.25) is 5.82 Å². The van der Waals surface area contributed by atoms with Crippen LogP contribution in [0.15, 0.2) is 23.0 Å². The van der Waals surface area contributed by atoms with E-state index in [1.165, 1.54) is 0 Å². The molecule has 1 N–H and O–H groups in total. The lowest BCUT2D eigenvalue weighted by Gasteiger charge is -1.96. The van der Waals surface area contributed by atoms with E-state index >= 15 is 0 Å². The Bertz CT molecular complexity index is 439. The molecule has 0 spiro atoms. The summed E-state index contributed by atoms with van der Waals surface area (Å²) in [5.74, 6) is 0.669. The molecule has 0 fully saturated rings. The van der Waals surface area contributed by atoms with Crippen LogP contribution >= 0.6 is 0 Å². The molecular formula is C9H9N3O2. The molecule has 0 aliphatic rings. The minimum absolute atomic E-state index is 0.211. The summed E-state index contributed by atoms with van der Waals surface area (Å²) in [6.45, 7) is 1.69. The number of rotatable bonds is 2. The predicted octanol–water partition coefficient (Wildman–Crippen LogP) is 0.932. The van der Waals surface area contributed by atoms with Crippen LogP contribution in [0.2, 0.25) is 0 Å². The van der Waals surface area contributed by atoms with Crippen molar-refractivity contribution in [1.82, 2.24) is 15.1 Å². The van der Waals surface area contributed by atoms with Crippen LogP contribution in [0.5, 0.6) is 0 Å². The third-order valence-electron chi connectivity index (χ3n) is 1.88. The Morgan fingerprint density at radius 2 is 2.36 bits per heavy atom. The molecule has 5 heteroatoms. The minimum atomic E-state index is -0.244. The Kier molecular flexibility index (Phi) is 2.24. The Balaban J connectivity index is 2.44. The van der Waals surface area contributed by atoms with Crippen molar-refractivity contribution in [3.05, 3.63) is 29.9 Å². The van der Waals surface area contributed by atoms with Crippen LogP contribution in [0, 0.1) is 6.92 Å². The van der Waals surface area contributed by atoms with Gasteiger partial charge < -0.3 is 9.63 Å². The molecule has 0 unspecified atom stereocenters. The van der Waals surface area contributed by atoms with Gasteiger partial charge in [-0.2, -0.15) is 4.98 Å². The molecule has 0 aromatic carbocycles. The molecule has 0 radical (unpaired) electrons. The van der Waals surface area contributed by atoms with Crippen LogP contribution in [-0.2, 0) is 6.61 Å². The highest BCUT2D eigenvalue weighted by Gasteiger charge is 2.09. The third kappa shape index (κ3) is 1.49. The number of aromatic nitrogens is 3. The lowest BCUT2D eigenvalue weighted by Crippen LogP contribution is -1.87. The zero-order valence-corrected chi connectivity index (χ0v) is 7.64. The maximum atomic E-state index is 8.76. The van der Waals surface area contributed by atoms with Gasteiger partial charge in [0.05, 0.1) is 0 Å². The Labute approximate surface area is 80.4 Å².